The van der Waals surface area contributed by atoms with Crippen LogP contribution in [0.4, 0.5) is 5.69 Å². The number of nitrogens with one attached hydrogen (secondary N) is 1. The molecule has 1 aromatic carbocycles. The van der Waals surface area contributed by atoms with Gasteiger partial charge in [-0.15, -0.1) is 0 Å². The molecule has 0 fully saturated rings. The van der Waals surface area contributed by atoms with Crippen LogP contribution in [0.1, 0.15) is 23.9 Å². The summed E-state index contributed by atoms with van der Waals surface area (Å²) in [6.45, 7) is 5.29. The van der Waals surface area contributed by atoms with Crippen LogP contribution in [0.25, 0.3) is 6.08 Å². The summed E-state index contributed by atoms with van der Waals surface area (Å²) in [6, 6.07) is 6.93. The minimum absolute atomic E-state index is 0.422. The Balaban J connectivity index is 1.95. The van der Waals surface area contributed by atoms with Gasteiger partial charge in [0.15, 0.2) is 6.10 Å². The predicted octanol–water partition coefficient (Wildman–Crippen LogP) is 2.63. The second-order valence-electron chi connectivity index (χ2n) is 5.84. The fourth-order valence-electron chi connectivity index (χ4n) is 2.39. The van der Waals surface area contributed by atoms with Gasteiger partial charge in [0.2, 0.25) is 0 Å². The molecule has 26 heavy (non-hydrogen) atoms. The van der Waals surface area contributed by atoms with E-state index < -0.39 is 18.0 Å². The van der Waals surface area contributed by atoms with Crippen molar-refractivity contribution in [1.29, 1.82) is 0 Å². The van der Waals surface area contributed by atoms with Gasteiger partial charge in [-0.2, -0.15) is 5.10 Å². The maximum Gasteiger partial charge on any atom is 0.331 e. The van der Waals surface area contributed by atoms with Crippen LogP contribution >= 0.6 is 0 Å². The first kappa shape index (κ1) is 19.2. The smallest absolute Gasteiger partial charge is 0.331 e. The van der Waals surface area contributed by atoms with Crippen molar-refractivity contribution in [2.75, 3.05) is 12.4 Å². The van der Waals surface area contributed by atoms with Crippen LogP contribution in [0.3, 0.4) is 0 Å². The monoisotopic (exact) mass is 357 g/mol. The number of esters is 1. The number of aryl methyl sites for hydroxylation is 2. The van der Waals surface area contributed by atoms with Crippen molar-refractivity contribution >= 4 is 23.6 Å². The minimum atomic E-state index is -0.936. The standard InChI is InChI=1S/C19H23N3O4/c1-12-17(13(2)22(4)21-12)9-10-18(23)26-14(3)19(24)20-15-7-6-8-16(11-15)25-5/h6-11,14H,1-5H3,(H,20,24)/b10-9+/t14-/m1/s1. The molecule has 1 aromatic heterocycles. The predicted molar refractivity (Wildman–Crippen MR) is 98.9 cm³/mol. The minimum Gasteiger partial charge on any atom is -0.497 e. The molecule has 2 aromatic rings. The summed E-state index contributed by atoms with van der Waals surface area (Å²) in [4.78, 5) is 24.1. The topological polar surface area (TPSA) is 82.4 Å². The van der Waals surface area contributed by atoms with Gasteiger partial charge in [-0.3, -0.25) is 9.48 Å². The van der Waals surface area contributed by atoms with Crippen molar-refractivity contribution in [1.82, 2.24) is 9.78 Å². The van der Waals surface area contributed by atoms with E-state index in [2.05, 4.69) is 10.4 Å². The highest BCUT2D eigenvalue weighted by atomic mass is 16.5. The third kappa shape index (κ3) is 4.72. The highest BCUT2D eigenvalue weighted by Crippen LogP contribution is 2.17. The number of methoxy groups -OCH3 is 1. The second kappa shape index (κ2) is 8.33. The normalized spacial score (nSPS) is 12.0. The fraction of sp³-hybridized carbons (Fsp3) is 0.316. The van der Waals surface area contributed by atoms with Gasteiger partial charge in [-0.1, -0.05) is 6.07 Å². The first-order valence-corrected chi connectivity index (χ1v) is 8.15. The Morgan fingerprint density at radius 1 is 1.31 bits per heavy atom. The second-order valence-corrected chi connectivity index (χ2v) is 5.84. The number of anilines is 1. The molecular formula is C19H23N3O4. The maximum atomic E-state index is 12.2. The number of ether oxygens (including phenoxy) is 2. The third-order valence-corrected chi connectivity index (χ3v) is 3.95. The number of hydrogen-bond acceptors (Lipinski definition) is 5. The molecule has 0 aliphatic rings. The van der Waals surface area contributed by atoms with Crippen molar-refractivity contribution in [3.63, 3.8) is 0 Å². The molecule has 0 radical (unpaired) electrons. The van der Waals surface area contributed by atoms with Gasteiger partial charge in [0.1, 0.15) is 5.75 Å². The first-order chi connectivity index (χ1) is 12.3. The quantitative estimate of drug-likeness (QED) is 0.635. The van der Waals surface area contributed by atoms with Crippen molar-refractivity contribution in [3.05, 3.63) is 47.3 Å². The summed E-state index contributed by atoms with van der Waals surface area (Å²) in [5, 5.41) is 6.96. The Morgan fingerprint density at radius 3 is 2.65 bits per heavy atom. The molecule has 2 rings (SSSR count). The van der Waals surface area contributed by atoms with Crippen LogP contribution in [0, 0.1) is 13.8 Å². The molecule has 7 heteroatoms. The van der Waals surface area contributed by atoms with Crippen LogP contribution in [0.5, 0.6) is 5.75 Å². The molecule has 0 saturated carbocycles. The number of benzene rings is 1. The molecule has 1 amide bonds. The van der Waals surface area contributed by atoms with E-state index in [1.165, 1.54) is 13.0 Å². The van der Waals surface area contributed by atoms with Gasteiger partial charge in [-0.25, -0.2) is 4.79 Å². The number of nitrogens with zero attached hydrogens (tertiary/aromatic N) is 2. The molecule has 1 atom stereocenters. The summed E-state index contributed by atoms with van der Waals surface area (Å²) < 4.78 is 12.0. The van der Waals surface area contributed by atoms with E-state index in [9.17, 15) is 9.59 Å². The molecule has 7 nitrogen and oxygen atoms in total. The van der Waals surface area contributed by atoms with Gasteiger partial charge < -0.3 is 14.8 Å². The molecule has 1 heterocycles. The maximum absolute atomic E-state index is 12.2. The molecule has 0 bridgehead atoms. The van der Waals surface area contributed by atoms with E-state index in [0.29, 0.717) is 11.4 Å². The summed E-state index contributed by atoms with van der Waals surface area (Å²) in [5.74, 6) is -0.396. The molecule has 0 saturated heterocycles. The average Bonchev–Trinajstić information content (AvgIpc) is 2.85. The molecule has 138 valence electrons. The zero-order chi connectivity index (χ0) is 19.3. The Morgan fingerprint density at radius 2 is 2.04 bits per heavy atom. The van der Waals surface area contributed by atoms with Crippen molar-refractivity contribution < 1.29 is 19.1 Å². The van der Waals surface area contributed by atoms with Crippen LogP contribution in [0.15, 0.2) is 30.3 Å². The van der Waals surface area contributed by atoms with Gasteiger partial charge in [-0.05, 0) is 39.0 Å². The number of aromatic nitrogens is 2. The van der Waals surface area contributed by atoms with Crippen LogP contribution < -0.4 is 10.1 Å². The Hall–Kier alpha value is -3.09. The van der Waals surface area contributed by atoms with E-state index in [1.54, 1.807) is 42.1 Å². The lowest BCUT2D eigenvalue weighted by Crippen LogP contribution is -2.29. The highest BCUT2D eigenvalue weighted by molar-refractivity contribution is 5.96. The summed E-state index contributed by atoms with van der Waals surface area (Å²) in [5.41, 5.74) is 3.18. The number of amides is 1. The third-order valence-electron chi connectivity index (χ3n) is 3.95. The molecule has 0 spiro atoms. The Bertz CT molecular complexity index is 839. The average molecular weight is 357 g/mol. The van der Waals surface area contributed by atoms with E-state index in [0.717, 1.165) is 17.0 Å². The number of carbonyl (C=O) groups is 2. The SMILES string of the molecule is COc1cccc(NC(=O)[C@@H](C)OC(=O)/C=C/c2c(C)nn(C)c2C)c1. The van der Waals surface area contributed by atoms with Crippen LogP contribution in [0.2, 0.25) is 0 Å². The fourth-order valence-corrected chi connectivity index (χ4v) is 2.39. The lowest BCUT2D eigenvalue weighted by Gasteiger charge is -2.13. The highest BCUT2D eigenvalue weighted by Gasteiger charge is 2.17. The van der Waals surface area contributed by atoms with Crippen molar-refractivity contribution in [2.45, 2.75) is 26.9 Å². The van der Waals surface area contributed by atoms with E-state index >= 15 is 0 Å². The summed E-state index contributed by atoms with van der Waals surface area (Å²) in [6.07, 6.45) is 2.01. The van der Waals surface area contributed by atoms with Gasteiger partial charge in [0.25, 0.3) is 5.91 Å². The van der Waals surface area contributed by atoms with Crippen LogP contribution in [-0.2, 0) is 21.4 Å². The van der Waals surface area contributed by atoms with Crippen molar-refractivity contribution in [2.24, 2.45) is 7.05 Å². The van der Waals surface area contributed by atoms with Gasteiger partial charge in [0.05, 0.1) is 12.8 Å². The molecule has 0 aliphatic carbocycles. The van der Waals surface area contributed by atoms with Crippen LogP contribution in [-0.4, -0.2) is 34.9 Å². The molecule has 1 N–H and O–H groups in total. The number of carbonyl (C=O) groups excluding carboxylic acids is 2. The number of hydrogen-bond donors (Lipinski definition) is 1. The van der Waals surface area contributed by atoms with E-state index in [-0.39, 0.29) is 0 Å². The lowest BCUT2D eigenvalue weighted by atomic mass is 10.2. The summed E-state index contributed by atoms with van der Waals surface area (Å²) >= 11 is 0. The first-order valence-electron chi connectivity index (χ1n) is 8.15. The molecule has 0 unspecified atom stereocenters. The number of rotatable bonds is 6. The molecule has 0 aliphatic heterocycles. The Kier molecular flexibility index (Phi) is 6.16. The molecular weight excluding hydrogens is 334 g/mol. The van der Waals surface area contributed by atoms with Gasteiger partial charge >= 0.3 is 5.97 Å². The van der Waals surface area contributed by atoms with Crippen molar-refractivity contribution in [3.8, 4) is 5.75 Å². The van der Waals surface area contributed by atoms with Gasteiger partial charge in [0, 0.05) is 36.1 Å². The Labute approximate surface area is 152 Å². The van der Waals surface area contributed by atoms with E-state index in [4.69, 9.17) is 9.47 Å². The largest absolute Gasteiger partial charge is 0.497 e. The lowest BCUT2D eigenvalue weighted by molar-refractivity contribution is -0.148. The zero-order valence-electron chi connectivity index (χ0n) is 15.6. The van der Waals surface area contributed by atoms with E-state index in [1.807, 2.05) is 20.9 Å². The summed E-state index contributed by atoms with van der Waals surface area (Å²) in [7, 11) is 3.38. The zero-order valence-corrected chi connectivity index (χ0v) is 15.6.